The maximum absolute atomic E-state index is 5.83. The van der Waals surface area contributed by atoms with Gasteiger partial charge in [-0.15, -0.1) is 0 Å². The minimum absolute atomic E-state index is 0.435. The normalized spacial score (nSPS) is 10.4. The summed E-state index contributed by atoms with van der Waals surface area (Å²) in [5.41, 5.74) is 3.55. The molecule has 0 saturated heterocycles. The van der Waals surface area contributed by atoms with Crippen LogP contribution < -0.4 is 4.74 Å². The minimum Gasteiger partial charge on any atom is -0.457 e. The molecule has 0 fully saturated rings. The molecule has 17 heavy (non-hydrogen) atoms. The standard InChI is InChI=1S/C14H14ClNO/c1-9-6-10(2)11(3)13(7-9)17-12-4-5-16-14(15)8-12/h4-8H,1-3H3. The lowest BCUT2D eigenvalue weighted by Crippen LogP contribution is -1.92. The zero-order valence-electron chi connectivity index (χ0n) is 10.1. The Morgan fingerprint density at radius 2 is 1.88 bits per heavy atom. The van der Waals surface area contributed by atoms with Crippen molar-refractivity contribution in [3.05, 3.63) is 52.3 Å². The Hall–Kier alpha value is -1.54. The molecule has 0 aliphatic carbocycles. The van der Waals surface area contributed by atoms with E-state index in [9.17, 15) is 0 Å². The third-order valence-electron chi connectivity index (χ3n) is 2.69. The number of pyridine rings is 1. The van der Waals surface area contributed by atoms with E-state index in [1.54, 1.807) is 18.3 Å². The molecule has 2 aromatic rings. The summed E-state index contributed by atoms with van der Waals surface area (Å²) in [4.78, 5) is 3.92. The van der Waals surface area contributed by atoms with Crippen molar-refractivity contribution in [3.8, 4) is 11.5 Å². The van der Waals surface area contributed by atoms with Crippen LogP contribution in [-0.2, 0) is 0 Å². The van der Waals surface area contributed by atoms with Crippen LogP contribution in [0.1, 0.15) is 16.7 Å². The quantitative estimate of drug-likeness (QED) is 0.732. The summed E-state index contributed by atoms with van der Waals surface area (Å²) < 4.78 is 5.83. The fourth-order valence-electron chi connectivity index (χ4n) is 1.68. The molecular weight excluding hydrogens is 234 g/mol. The first-order valence-corrected chi connectivity index (χ1v) is 5.81. The highest BCUT2D eigenvalue weighted by Gasteiger charge is 2.05. The number of ether oxygens (including phenoxy) is 1. The van der Waals surface area contributed by atoms with Crippen molar-refractivity contribution < 1.29 is 4.74 Å². The molecule has 0 spiro atoms. The van der Waals surface area contributed by atoms with Gasteiger partial charge in [0.15, 0.2) is 0 Å². The number of aryl methyl sites for hydroxylation is 2. The molecule has 88 valence electrons. The minimum atomic E-state index is 0.435. The molecule has 0 N–H and O–H groups in total. The molecule has 0 aliphatic rings. The summed E-state index contributed by atoms with van der Waals surface area (Å²) in [5, 5.41) is 0.435. The van der Waals surface area contributed by atoms with Gasteiger partial charge in [-0.2, -0.15) is 0 Å². The topological polar surface area (TPSA) is 22.1 Å². The molecule has 0 amide bonds. The first-order chi connectivity index (χ1) is 8.06. The van der Waals surface area contributed by atoms with Gasteiger partial charge in [0.1, 0.15) is 16.7 Å². The van der Waals surface area contributed by atoms with E-state index in [1.165, 1.54) is 11.1 Å². The predicted molar refractivity (Wildman–Crippen MR) is 70.0 cm³/mol. The summed E-state index contributed by atoms with van der Waals surface area (Å²) in [6.45, 7) is 6.18. The Balaban J connectivity index is 2.36. The highest BCUT2D eigenvalue weighted by Crippen LogP contribution is 2.28. The van der Waals surface area contributed by atoms with Gasteiger partial charge < -0.3 is 4.74 Å². The van der Waals surface area contributed by atoms with E-state index >= 15 is 0 Å². The van der Waals surface area contributed by atoms with Crippen molar-refractivity contribution in [2.45, 2.75) is 20.8 Å². The second kappa shape index (κ2) is 4.76. The van der Waals surface area contributed by atoms with Crippen LogP contribution in [0.25, 0.3) is 0 Å². The van der Waals surface area contributed by atoms with Gasteiger partial charge in [0, 0.05) is 12.3 Å². The molecular formula is C14H14ClNO. The molecule has 2 nitrogen and oxygen atoms in total. The maximum atomic E-state index is 5.83. The number of aromatic nitrogens is 1. The van der Waals surface area contributed by atoms with Crippen LogP contribution in [0.3, 0.4) is 0 Å². The summed E-state index contributed by atoms with van der Waals surface area (Å²) in [5.74, 6) is 1.57. The molecule has 1 aromatic heterocycles. The number of benzene rings is 1. The summed E-state index contributed by atoms with van der Waals surface area (Å²) in [7, 11) is 0. The fraction of sp³-hybridized carbons (Fsp3) is 0.214. The number of nitrogens with zero attached hydrogens (tertiary/aromatic N) is 1. The summed E-state index contributed by atoms with van der Waals surface area (Å²) in [6, 6.07) is 7.67. The Morgan fingerprint density at radius 1 is 1.12 bits per heavy atom. The molecule has 3 heteroatoms. The number of hydrogen-bond acceptors (Lipinski definition) is 2. The van der Waals surface area contributed by atoms with E-state index in [4.69, 9.17) is 16.3 Å². The van der Waals surface area contributed by atoms with Gasteiger partial charge in [0.25, 0.3) is 0 Å². The lowest BCUT2D eigenvalue weighted by molar-refractivity contribution is 0.477. The molecule has 0 unspecified atom stereocenters. The van der Waals surface area contributed by atoms with Crippen LogP contribution in [-0.4, -0.2) is 4.98 Å². The molecule has 0 radical (unpaired) electrons. The Morgan fingerprint density at radius 3 is 2.59 bits per heavy atom. The average molecular weight is 248 g/mol. The number of hydrogen-bond donors (Lipinski definition) is 0. The van der Waals surface area contributed by atoms with Gasteiger partial charge in [-0.1, -0.05) is 17.7 Å². The van der Waals surface area contributed by atoms with E-state index in [0.717, 1.165) is 11.3 Å². The van der Waals surface area contributed by atoms with Crippen molar-refractivity contribution in [1.82, 2.24) is 4.98 Å². The highest BCUT2D eigenvalue weighted by atomic mass is 35.5. The van der Waals surface area contributed by atoms with E-state index in [1.807, 2.05) is 13.0 Å². The average Bonchev–Trinajstić information content (AvgIpc) is 2.25. The fourth-order valence-corrected chi connectivity index (χ4v) is 1.85. The second-order valence-electron chi connectivity index (χ2n) is 4.12. The van der Waals surface area contributed by atoms with E-state index in [-0.39, 0.29) is 0 Å². The van der Waals surface area contributed by atoms with Crippen molar-refractivity contribution in [2.75, 3.05) is 0 Å². The Labute approximate surface area is 106 Å². The van der Waals surface area contributed by atoms with Gasteiger partial charge in [-0.05, 0) is 49.6 Å². The van der Waals surface area contributed by atoms with Crippen LogP contribution in [0.5, 0.6) is 11.5 Å². The van der Waals surface area contributed by atoms with Gasteiger partial charge in [0.2, 0.25) is 0 Å². The smallest absolute Gasteiger partial charge is 0.132 e. The highest BCUT2D eigenvalue weighted by molar-refractivity contribution is 6.29. The van der Waals surface area contributed by atoms with Gasteiger partial charge in [0.05, 0.1) is 0 Å². The van der Waals surface area contributed by atoms with Crippen molar-refractivity contribution in [2.24, 2.45) is 0 Å². The predicted octanol–water partition coefficient (Wildman–Crippen LogP) is 4.45. The lowest BCUT2D eigenvalue weighted by Gasteiger charge is -2.11. The van der Waals surface area contributed by atoms with E-state index in [2.05, 4.69) is 24.9 Å². The molecule has 0 saturated carbocycles. The van der Waals surface area contributed by atoms with Crippen molar-refractivity contribution >= 4 is 11.6 Å². The van der Waals surface area contributed by atoms with Gasteiger partial charge >= 0.3 is 0 Å². The van der Waals surface area contributed by atoms with Crippen LogP contribution in [0.4, 0.5) is 0 Å². The van der Waals surface area contributed by atoms with Crippen molar-refractivity contribution in [3.63, 3.8) is 0 Å². The SMILES string of the molecule is Cc1cc(C)c(C)c(Oc2ccnc(Cl)c2)c1. The Kier molecular flexibility index (Phi) is 3.34. The summed E-state index contributed by atoms with van der Waals surface area (Å²) >= 11 is 5.82. The Bertz CT molecular complexity index is 552. The second-order valence-corrected chi connectivity index (χ2v) is 4.51. The number of rotatable bonds is 2. The zero-order chi connectivity index (χ0) is 12.4. The first-order valence-electron chi connectivity index (χ1n) is 5.43. The molecule has 0 aliphatic heterocycles. The molecule has 2 rings (SSSR count). The first kappa shape index (κ1) is 11.9. The van der Waals surface area contributed by atoms with Crippen LogP contribution in [0.15, 0.2) is 30.5 Å². The molecule has 1 heterocycles. The molecule has 0 bridgehead atoms. The van der Waals surface area contributed by atoms with Crippen LogP contribution in [0, 0.1) is 20.8 Å². The summed E-state index contributed by atoms with van der Waals surface area (Å²) in [6.07, 6.45) is 1.63. The maximum Gasteiger partial charge on any atom is 0.132 e. The number of halogens is 1. The van der Waals surface area contributed by atoms with E-state index < -0.39 is 0 Å². The third-order valence-corrected chi connectivity index (χ3v) is 2.90. The van der Waals surface area contributed by atoms with Gasteiger partial charge in [-0.25, -0.2) is 4.98 Å². The van der Waals surface area contributed by atoms with Crippen molar-refractivity contribution in [1.29, 1.82) is 0 Å². The monoisotopic (exact) mass is 247 g/mol. The largest absolute Gasteiger partial charge is 0.457 e. The molecule has 0 atom stereocenters. The third kappa shape index (κ3) is 2.77. The van der Waals surface area contributed by atoms with E-state index in [0.29, 0.717) is 10.9 Å². The van der Waals surface area contributed by atoms with Crippen LogP contribution >= 0.6 is 11.6 Å². The van der Waals surface area contributed by atoms with Crippen LogP contribution in [0.2, 0.25) is 5.15 Å². The lowest BCUT2D eigenvalue weighted by atomic mass is 10.1. The molecule has 1 aromatic carbocycles. The van der Waals surface area contributed by atoms with Gasteiger partial charge in [-0.3, -0.25) is 0 Å². The zero-order valence-corrected chi connectivity index (χ0v) is 10.9.